The van der Waals surface area contributed by atoms with Crippen LogP contribution in [0.3, 0.4) is 0 Å². The van der Waals surface area contributed by atoms with Gasteiger partial charge in [-0.3, -0.25) is 4.79 Å². The van der Waals surface area contributed by atoms with Crippen LogP contribution in [0.15, 0.2) is 29.4 Å². The van der Waals surface area contributed by atoms with Crippen molar-refractivity contribution in [2.24, 2.45) is 10.9 Å². The molecule has 1 aromatic carbocycles. The van der Waals surface area contributed by atoms with Gasteiger partial charge in [0, 0.05) is 11.6 Å². The highest BCUT2D eigenvalue weighted by Crippen LogP contribution is 2.25. The van der Waals surface area contributed by atoms with Crippen LogP contribution < -0.4 is 10.5 Å². The summed E-state index contributed by atoms with van der Waals surface area (Å²) in [7, 11) is 1.58. The van der Waals surface area contributed by atoms with Gasteiger partial charge in [0.25, 0.3) is 5.91 Å². The second kappa shape index (κ2) is 6.97. The number of ether oxygens (including phenoxy) is 1. The van der Waals surface area contributed by atoms with Crippen molar-refractivity contribution in [3.8, 4) is 5.75 Å². The van der Waals surface area contributed by atoms with E-state index in [2.05, 4.69) is 5.16 Å². The number of hydrogen-bond acceptors (Lipinski definition) is 4. The average molecular weight is 291 g/mol. The number of carbonyl (C=O) groups is 1. The van der Waals surface area contributed by atoms with Gasteiger partial charge >= 0.3 is 0 Å². The minimum atomic E-state index is -0.101. The van der Waals surface area contributed by atoms with E-state index >= 15 is 0 Å². The first-order valence-corrected chi connectivity index (χ1v) is 7.07. The molecule has 0 spiro atoms. The molecule has 0 radical (unpaired) electrons. The summed E-state index contributed by atoms with van der Waals surface area (Å²) >= 11 is 0. The van der Waals surface area contributed by atoms with E-state index in [1.165, 1.54) is 0 Å². The molecule has 0 saturated heterocycles. The quantitative estimate of drug-likeness (QED) is 0.375. The molecule has 1 aromatic rings. The zero-order valence-electron chi connectivity index (χ0n) is 12.2. The van der Waals surface area contributed by atoms with Crippen LogP contribution in [-0.2, 0) is 0 Å². The van der Waals surface area contributed by atoms with Gasteiger partial charge in [-0.15, -0.1) is 0 Å². The van der Waals surface area contributed by atoms with Crippen molar-refractivity contribution in [1.29, 1.82) is 0 Å². The van der Waals surface area contributed by atoms with E-state index in [-0.39, 0.29) is 24.3 Å². The molecule has 1 aliphatic carbocycles. The van der Waals surface area contributed by atoms with Crippen molar-refractivity contribution in [2.75, 3.05) is 13.7 Å². The standard InChI is InChI=1S/C15H21N3O3/c1-21-13-8-6-11(7-9-13)15(19)18(10-14(16)17-20)12-4-2-3-5-12/h6-9,12,20H,2-5,10H2,1H3,(H2,16,17). The molecule has 1 saturated carbocycles. The minimum Gasteiger partial charge on any atom is -0.497 e. The van der Waals surface area contributed by atoms with E-state index in [0.29, 0.717) is 11.3 Å². The first-order chi connectivity index (χ1) is 10.2. The van der Waals surface area contributed by atoms with Gasteiger partial charge in [0.2, 0.25) is 0 Å². The van der Waals surface area contributed by atoms with Crippen LogP contribution in [0.25, 0.3) is 0 Å². The predicted molar refractivity (Wildman–Crippen MR) is 79.7 cm³/mol. The Morgan fingerprint density at radius 1 is 1.38 bits per heavy atom. The minimum absolute atomic E-state index is 0.0451. The van der Waals surface area contributed by atoms with Gasteiger partial charge in [0.15, 0.2) is 5.84 Å². The molecule has 6 heteroatoms. The monoisotopic (exact) mass is 291 g/mol. The predicted octanol–water partition coefficient (Wildman–Crippen LogP) is 1.83. The maximum atomic E-state index is 12.7. The van der Waals surface area contributed by atoms with E-state index in [1.54, 1.807) is 36.3 Å². The molecule has 0 bridgehead atoms. The lowest BCUT2D eigenvalue weighted by Gasteiger charge is -2.28. The molecule has 1 fully saturated rings. The molecule has 0 unspecified atom stereocenters. The van der Waals surface area contributed by atoms with Crippen molar-refractivity contribution >= 4 is 11.7 Å². The van der Waals surface area contributed by atoms with Crippen molar-refractivity contribution in [2.45, 2.75) is 31.7 Å². The first-order valence-electron chi connectivity index (χ1n) is 7.07. The van der Waals surface area contributed by atoms with E-state index in [1.807, 2.05) is 0 Å². The molecule has 0 aromatic heterocycles. The number of benzene rings is 1. The molecule has 0 heterocycles. The maximum Gasteiger partial charge on any atom is 0.254 e. The Balaban J connectivity index is 2.19. The fourth-order valence-corrected chi connectivity index (χ4v) is 2.69. The summed E-state index contributed by atoms with van der Waals surface area (Å²) in [5.74, 6) is 0.648. The molecule has 3 N–H and O–H groups in total. The summed E-state index contributed by atoms with van der Waals surface area (Å²) in [6, 6.07) is 7.12. The van der Waals surface area contributed by atoms with Crippen LogP contribution in [0.5, 0.6) is 5.75 Å². The second-order valence-corrected chi connectivity index (χ2v) is 5.19. The Bertz CT molecular complexity index is 507. The summed E-state index contributed by atoms with van der Waals surface area (Å²) in [4.78, 5) is 14.4. The van der Waals surface area contributed by atoms with E-state index < -0.39 is 0 Å². The number of nitrogens with two attached hydrogens (primary N) is 1. The summed E-state index contributed by atoms with van der Waals surface area (Å²) in [6.07, 6.45) is 4.13. The highest BCUT2D eigenvalue weighted by Gasteiger charge is 2.28. The average Bonchev–Trinajstić information content (AvgIpc) is 3.06. The second-order valence-electron chi connectivity index (χ2n) is 5.19. The van der Waals surface area contributed by atoms with E-state index in [0.717, 1.165) is 25.7 Å². The molecule has 1 amide bonds. The fraction of sp³-hybridized carbons (Fsp3) is 0.467. The number of amides is 1. The molecule has 21 heavy (non-hydrogen) atoms. The molecular formula is C15H21N3O3. The highest BCUT2D eigenvalue weighted by molar-refractivity contribution is 5.97. The Morgan fingerprint density at radius 3 is 2.52 bits per heavy atom. The third-order valence-electron chi connectivity index (χ3n) is 3.82. The molecule has 114 valence electrons. The van der Waals surface area contributed by atoms with E-state index in [9.17, 15) is 4.79 Å². The number of carbonyl (C=O) groups excluding carboxylic acids is 1. The van der Waals surface area contributed by atoms with Crippen molar-refractivity contribution in [3.05, 3.63) is 29.8 Å². The van der Waals surface area contributed by atoms with Crippen molar-refractivity contribution < 1.29 is 14.7 Å². The molecule has 0 atom stereocenters. The zero-order chi connectivity index (χ0) is 15.2. The van der Waals surface area contributed by atoms with Crippen molar-refractivity contribution in [1.82, 2.24) is 4.90 Å². The molecular weight excluding hydrogens is 270 g/mol. The smallest absolute Gasteiger partial charge is 0.254 e. The van der Waals surface area contributed by atoms with Crippen LogP contribution in [0, 0.1) is 0 Å². The number of oxime groups is 1. The third-order valence-corrected chi connectivity index (χ3v) is 3.82. The first kappa shape index (κ1) is 15.2. The number of methoxy groups -OCH3 is 1. The van der Waals surface area contributed by atoms with Gasteiger partial charge in [-0.1, -0.05) is 18.0 Å². The molecule has 1 aliphatic rings. The SMILES string of the molecule is COc1ccc(C(=O)N(CC(N)=NO)C2CCCC2)cc1. The Kier molecular flexibility index (Phi) is 5.03. The maximum absolute atomic E-state index is 12.7. The van der Waals surface area contributed by atoms with Crippen molar-refractivity contribution in [3.63, 3.8) is 0 Å². The van der Waals surface area contributed by atoms with Gasteiger partial charge in [-0.25, -0.2) is 0 Å². The number of nitrogens with zero attached hydrogens (tertiary/aromatic N) is 2. The topological polar surface area (TPSA) is 88.2 Å². The number of hydrogen-bond donors (Lipinski definition) is 2. The lowest BCUT2D eigenvalue weighted by molar-refractivity contribution is 0.0712. The number of rotatable bonds is 5. The highest BCUT2D eigenvalue weighted by atomic mass is 16.5. The molecule has 6 nitrogen and oxygen atoms in total. The van der Waals surface area contributed by atoms with Gasteiger partial charge in [-0.2, -0.15) is 0 Å². The summed E-state index contributed by atoms with van der Waals surface area (Å²) in [5, 5.41) is 11.7. The van der Waals surface area contributed by atoms with Crippen LogP contribution in [0.2, 0.25) is 0 Å². The van der Waals surface area contributed by atoms with Crippen LogP contribution >= 0.6 is 0 Å². The van der Waals surface area contributed by atoms with E-state index in [4.69, 9.17) is 15.7 Å². The normalized spacial score (nSPS) is 16.0. The Labute approximate surface area is 124 Å². The zero-order valence-corrected chi connectivity index (χ0v) is 12.2. The third kappa shape index (κ3) is 3.65. The lowest BCUT2D eigenvalue weighted by Crippen LogP contribution is -2.44. The number of amidine groups is 1. The van der Waals surface area contributed by atoms with Gasteiger partial charge in [0.05, 0.1) is 13.7 Å². The van der Waals surface area contributed by atoms with Gasteiger partial charge in [-0.05, 0) is 37.1 Å². The van der Waals surface area contributed by atoms with Gasteiger partial charge in [0.1, 0.15) is 5.75 Å². The molecule has 0 aliphatic heterocycles. The molecule has 2 rings (SSSR count). The Morgan fingerprint density at radius 2 is 2.00 bits per heavy atom. The Hall–Kier alpha value is -2.24. The summed E-state index contributed by atoms with van der Waals surface area (Å²) in [5.41, 5.74) is 6.17. The summed E-state index contributed by atoms with van der Waals surface area (Å²) < 4.78 is 5.09. The largest absolute Gasteiger partial charge is 0.497 e. The van der Waals surface area contributed by atoms with Crippen LogP contribution in [-0.4, -0.2) is 41.5 Å². The van der Waals surface area contributed by atoms with Crippen LogP contribution in [0.1, 0.15) is 36.0 Å². The van der Waals surface area contributed by atoms with Gasteiger partial charge < -0.3 is 20.6 Å². The fourth-order valence-electron chi connectivity index (χ4n) is 2.69. The summed E-state index contributed by atoms with van der Waals surface area (Å²) in [6.45, 7) is 0.145. The lowest BCUT2D eigenvalue weighted by atomic mass is 10.1. The van der Waals surface area contributed by atoms with Crippen LogP contribution in [0.4, 0.5) is 0 Å².